The van der Waals surface area contributed by atoms with E-state index in [1.165, 1.54) is 12.1 Å². The van der Waals surface area contributed by atoms with Gasteiger partial charge in [0.1, 0.15) is 0 Å². The van der Waals surface area contributed by atoms with Crippen molar-refractivity contribution in [1.29, 1.82) is 0 Å². The Labute approximate surface area is 118 Å². The molecule has 0 fully saturated rings. The highest BCUT2D eigenvalue weighted by Crippen LogP contribution is 2.25. The van der Waals surface area contributed by atoms with Crippen LogP contribution in [0.1, 0.15) is 45.1 Å². The molecule has 19 heavy (non-hydrogen) atoms. The molecule has 0 aliphatic heterocycles. The summed E-state index contributed by atoms with van der Waals surface area (Å²) in [6.07, 6.45) is 4.20. The minimum Gasteiger partial charge on any atom is -0.487 e. The Kier molecular flexibility index (Phi) is 7.14. The SMILES string of the molecule is CCCCC(CC)COc1c(F)cc(CCl)cc1F. The van der Waals surface area contributed by atoms with Gasteiger partial charge in [0.15, 0.2) is 17.4 Å². The van der Waals surface area contributed by atoms with Crippen LogP contribution < -0.4 is 4.74 Å². The number of halogens is 3. The molecule has 1 aromatic rings. The van der Waals surface area contributed by atoms with Gasteiger partial charge in [-0.1, -0.05) is 33.1 Å². The van der Waals surface area contributed by atoms with Gasteiger partial charge in [0.25, 0.3) is 0 Å². The highest BCUT2D eigenvalue weighted by atomic mass is 35.5. The van der Waals surface area contributed by atoms with Crippen molar-refractivity contribution in [3.8, 4) is 5.75 Å². The van der Waals surface area contributed by atoms with Gasteiger partial charge in [0.05, 0.1) is 6.61 Å². The lowest BCUT2D eigenvalue weighted by Crippen LogP contribution is -2.13. The predicted octanol–water partition coefficient (Wildman–Crippen LogP) is 5.30. The van der Waals surface area contributed by atoms with Crippen LogP contribution in [-0.4, -0.2) is 6.61 Å². The second kappa shape index (κ2) is 8.36. The average Bonchev–Trinajstić information content (AvgIpc) is 2.40. The van der Waals surface area contributed by atoms with Crippen LogP contribution in [-0.2, 0) is 5.88 Å². The molecule has 0 aliphatic carbocycles. The summed E-state index contributed by atoms with van der Waals surface area (Å²) >= 11 is 5.56. The van der Waals surface area contributed by atoms with E-state index in [9.17, 15) is 8.78 Å². The number of hydrogen-bond donors (Lipinski definition) is 0. The Morgan fingerprint density at radius 1 is 1.21 bits per heavy atom. The van der Waals surface area contributed by atoms with Gasteiger partial charge in [-0.3, -0.25) is 0 Å². The first kappa shape index (κ1) is 16.2. The van der Waals surface area contributed by atoms with E-state index in [2.05, 4.69) is 13.8 Å². The highest BCUT2D eigenvalue weighted by Gasteiger charge is 2.14. The molecule has 0 aromatic heterocycles. The zero-order chi connectivity index (χ0) is 14.3. The third kappa shape index (κ3) is 4.98. The normalized spacial score (nSPS) is 12.5. The van der Waals surface area contributed by atoms with Gasteiger partial charge in [0.2, 0.25) is 0 Å². The Morgan fingerprint density at radius 3 is 2.32 bits per heavy atom. The molecule has 1 aromatic carbocycles. The molecule has 0 radical (unpaired) electrons. The van der Waals surface area contributed by atoms with Crippen LogP contribution in [0.5, 0.6) is 5.75 Å². The van der Waals surface area contributed by atoms with Crippen LogP contribution in [0.3, 0.4) is 0 Å². The maximum Gasteiger partial charge on any atom is 0.190 e. The van der Waals surface area contributed by atoms with Crippen molar-refractivity contribution in [3.05, 3.63) is 29.3 Å². The van der Waals surface area contributed by atoms with Crippen molar-refractivity contribution >= 4 is 11.6 Å². The molecule has 108 valence electrons. The lowest BCUT2D eigenvalue weighted by atomic mass is 10.0. The summed E-state index contributed by atoms with van der Waals surface area (Å²) < 4.78 is 32.7. The van der Waals surface area contributed by atoms with E-state index in [0.29, 0.717) is 18.1 Å². The number of unbranched alkanes of at least 4 members (excludes halogenated alkanes) is 1. The van der Waals surface area contributed by atoms with E-state index in [0.717, 1.165) is 25.7 Å². The standard InChI is InChI=1S/C15H21ClF2O/c1-3-5-6-11(4-2)10-19-15-13(17)7-12(9-16)8-14(15)18/h7-8,11H,3-6,9-10H2,1-2H3. The van der Waals surface area contributed by atoms with Gasteiger partial charge in [-0.25, -0.2) is 8.78 Å². The first-order valence-corrected chi connectivity index (χ1v) is 7.32. The van der Waals surface area contributed by atoms with Crippen LogP contribution >= 0.6 is 11.6 Å². The molecular formula is C15H21ClF2O. The summed E-state index contributed by atoms with van der Waals surface area (Å²) in [7, 11) is 0. The van der Waals surface area contributed by atoms with Crippen molar-refractivity contribution in [2.45, 2.75) is 45.4 Å². The molecule has 0 saturated carbocycles. The zero-order valence-electron chi connectivity index (χ0n) is 11.5. The van der Waals surface area contributed by atoms with Crippen molar-refractivity contribution in [1.82, 2.24) is 0 Å². The fourth-order valence-electron chi connectivity index (χ4n) is 1.93. The molecule has 0 N–H and O–H groups in total. The van der Waals surface area contributed by atoms with E-state index in [1.54, 1.807) is 0 Å². The smallest absolute Gasteiger partial charge is 0.190 e. The lowest BCUT2D eigenvalue weighted by molar-refractivity contribution is 0.216. The fraction of sp³-hybridized carbons (Fsp3) is 0.600. The first-order valence-electron chi connectivity index (χ1n) is 6.79. The Hall–Kier alpha value is -0.830. The Balaban J connectivity index is 2.66. The number of rotatable bonds is 8. The van der Waals surface area contributed by atoms with Crippen molar-refractivity contribution in [2.24, 2.45) is 5.92 Å². The van der Waals surface area contributed by atoms with Crippen molar-refractivity contribution in [2.75, 3.05) is 6.61 Å². The topological polar surface area (TPSA) is 9.23 Å². The molecule has 1 atom stereocenters. The minimum atomic E-state index is -0.680. The van der Waals surface area contributed by atoms with E-state index in [4.69, 9.17) is 16.3 Å². The Morgan fingerprint density at radius 2 is 1.84 bits per heavy atom. The summed E-state index contributed by atoms with van der Waals surface area (Å²) in [5.41, 5.74) is 0.419. The summed E-state index contributed by atoms with van der Waals surface area (Å²) in [6, 6.07) is 2.44. The van der Waals surface area contributed by atoms with Gasteiger partial charge in [-0.15, -0.1) is 11.6 Å². The Bertz CT molecular complexity index is 373. The maximum atomic E-state index is 13.7. The average molecular weight is 291 g/mol. The molecule has 1 nitrogen and oxygen atoms in total. The van der Waals surface area contributed by atoms with Crippen LogP contribution in [0.2, 0.25) is 0 Å². The molecular weight excluding hydrogens is 270 g/mol. The number of alkyl halides is 1. The minimum absolute atomic E-state index is 0.0855. The molecule has 4 heteroatoms. The molecule has 0 spiro atoms. The van der Waals surface area contributed by atoms with Crippen LogP contribution in [0.15, 0.2) is 12.1 Å². The van der Waals surface area contributed by atoms with Crippen molar-refractivity contribution < 1.29 is 13.5 Å². The highest BCUT2D eigenvalue weighted by molar-refractivity contribution is 6.17. The van der Waals surface area contributed by atoms with E-state index < -0.39 is 11.6 Å². The first-order chi connectivity index (χ1) is 9.12. The summed E-state index contributed by atoms with van der Waals surface area (Å²) in [5, 5.41) is 0. The molecule has 0 heterocycles. The number of hydrogen-bond acceptors (Lipinski definition) is 1. The van der Waals surface area contributed by atoms with E-state index >= 15 is 0 Å². The molecule has 0 bridgehead atoms. The van der Waals surface area contributed by atoms with Gasteiger partial charge in [-0.2, -0.15) is 0 Å². The molecule has 1 unspecified atom stereocenters. The van der Waals surface area contributed by atoms with E-state index in [-0.39, 0.29) is 11.6 Å². The van der Waals surface area contributed by atoms with Crippen molar-refractivity contribution in [3.63, 3.8) is 0 Å². The predicted molar refractivity (Wildman–Crippen MR) is 74.7 cm³/mol. The van der Waals surface area contributed by atoms with Crippen LogP contribution in [0, 0.1) is 17.6 Å². The van der Waals surface area contributed by atoms with Gasteiger partial charge in [0, 0.05) is 5.88 Å². The lowest BCUT2D eigenvalue weighted by Gasteiger charge is -2.16. The number of benzene rings is 1. The third-order valence-corrected chi connectivity index (χ3v) is 3.53. The van der Waals surface area contributed by atoms with E-state index in [1.807, 2.05) is 0 Å². The summed E-state index contributed by atoms with van der Waals surface area (Å²) in [6.45, 7) is 4.54. The van der Waals surface area contributed by atoms with Gasteiger partial charge >= 0.3 is 0 Å². The second-order valence-corrected chi connectivity index (χ2v) is 5.02. The summed E-state index contributed by atoms with van der Waals surface area (Å²) in [4.78, 5) is 0. The quantitative estimate of drug-likeness (QED) is 0.590. The molecule has 0 saturated heterocycles. The second-order valence-electron chi connectivity index (χ2n) is 4.75. The van der Waals surface area contributed by atoms with Gasteiger partial charge < -0.3 is 4.74 Å². The fourth-order valence-corrected chi connectivity index (χ4v) is 2.08. The van der Waals surface area contributed by atoms with Crippen LogP contribution in [0.25, 0.3) is 0 Å². The monoisotopic (exact) mass is 290 g/mol. The molecule has 0 aliphatic rings. The number of ether oxygens (including phenoxy) is 1. The largest absolute Gasteiger partial charge is 0.487 e. The summed E-state index contributed by atoms with van der Waals surface area (Å²) in [5.74, 6) is -1.22. The zero-order valence-corrected chi connectivity index (χ0v) is 12.3. The van der Waals surface area contributed by atoms with Gasteiger partial charge in [-0.05, 0) is 30.0 Å². The third-order valence-electron chi connectivity index (χ3n) is 3.22. The van der Waals surface area contributed by atoms with Crippen LogP contribution in [0.4, 0.5) is 8.78 Å². The molecule has 0 amide bonds. The maximum absolute atomic E-state index is 13.7. The molecule has 1 rings (SSSR count).